The van der Waals surface area contributed by atoms with Crippen LogP contribution >= 0.6 is 0 Å². The molecule has 2 N–H and O–H groups in total. The van der Waals surface area contributed by atoms with Crippen LogP contribution in [0.25, 0.3) is 0 Å². The van der Waals surface area contributed by atoms with Crippen molar-refractivity contribution in [3.63, 3.8) is 0 Å². The molecular weight excluding hydrogens is 278 g/mol. The summed E-state index contributed by atoms with van der Waals surface area (Å²) in [6.07, 6.45) is 11.1. The van der Waals surface area contributed by atoms with Gasteiger partial charge < -0.3 is 5.32 Å². The molecule has 1 saturated carbocycles. The van der Waals surface area contributed by atoms with Crippen molar-refractivity contribution in [1.29, 1.82) is 0 Å². The Morgan fingerprint density at radius 1 is 1.27 bits per heavy atom. The van der Waals surface area contributed by atoms with E-state index in [4.69, 9.17) is 0 Å². The number of aromatic nitrogens is 3. The Labute approximate surface area is 129 Å². The Hall–Kier alpha value is -2.37. The maximum atomic E-state index is 12.0. The molecule has 1 fully saturated rings. The Balaban J connectivity index is 1.56. The summed E-state index contributed by atoms with van der Waals surface area (Å²) < 4.78 is 1.96. The molecule has 0 bridgehead atoms. The van der Waals surface area contributed by atoms with Crippen LogP contribution in [0.1, 0.15) is 44.2 Å². The fourth-order valence-electron chi connectivity index (χ4n) is 2.76. The zero-order valence-electron chi connectivity index (χ0n) is 12.7. The lowest BCUT2D eigenvalue weighted by atomic mass is 10.2. The number of pyridine rings is 1. The molecule has 22 heavy (non-hydrogen) atoms. The van der Waals surface area contributed by atoms with E-state index in [0.717, 1.165) is 12.0 Å². The molecule has 0 atom stereocenters. The highest BCUT2D eigenvalue weighted by molar-refractivity contribution is 5.98. The lowest BCUT2D eigenvalue weighted by molar-refractivity contribution is 0.262. The van der Waals surface area contributed by atoms with E-state index in [2.05, 4.69) is 27.6 Å². The third-order valence-corrected chi connectivity index (χ3v) is 4.03. The molecule has 0 spiro atoms. The molecule has 6 heteroatoms. The second kappa shape index (κ2) is 6.60. The molecule has 1 aliphatic rings. The van der Waals surface area contributed by atoms with E-state index in [0.29, 0.717) is 17.5 Å². The Morgan fingerprint density at radius 3 is 2.77 bits per heavy atom. The van der Waals surface area contributed by atoms with E-state index in [9.17, 15) is 4.79 Å². The van der Waals surface area contributed by atoms with Gasteiger partial charge in [-0.15, -0.1) is 0 Å². The van der Waals surface area contributed by atoms with Gasteiger partial charge in [-0.25, -0.2) is 9.78 Å². The minimum atomic E-state index is -0.303. The zero-order valence-corrected chi connectivity index (χ0v) is 12.7. The fourth-order valence-corrected chi connectivity index (χ4v) is 2.76. The van der Waals surface area contributed by atoms with Crippen molar-refractivity contribution in [2.24, 2.45) is 0 Å². The number of nitrogens with zero attached hydrogens (tertiary/aromatic N) is 3. The first-order valence-corrected chi connectivity index (χ1v) is 7.81. The van der Waals surface area contributed by atoms with Gasteiger partial charge in [-0.3, -0.25) is 10.00 Å². The molecule has 0 saturated heterocycles. The molecule has 2 heterocycles. The number of anilines is 2. The summed E-state index contributed by atoms with van der Waals surface area (Å²) in [5, 5.41) is 9.85. The number of urea groups is 1. The van der Waals surface area contributed by atoms with Crippen molar-refractivity contribution < 1.29 is 4.79 Å². The minimum absolute atomic E-state index is 0.303. The second-order valence-corrected chi connectivity index (χ2v) is 5.63. The van der Waals surface area contributed by atoms with Crippen molar-refractivity contribution in [3.8, 4) is 0 Å². The summed E-state index contributed by atoms with van der Waals surface area (Å²) in [6, 6.07) is 3.94. The first-order valence-electron chi connectivity index (χ1n) is 7.81. The van der Waals surface area contributed by atoms with Crippen LogP contribution in [0.2, 0.25) is 0 Å². The van der Waals surface area contributed by atoms with E-state index >= 15 is 0 Å². The van der Waals surface area contributed by atoms with E-state index in [-0.39, 0.29) is 6.03 Å². The second-order valence-electron chi connectivity index (χ2n) is 5.63. The van der Waals surface area contributed by atoms with Gasteiger partial charge in [0.15, 0.2) is 0 Å². The number of hydrogen-bond acceptors (Lipinski definition) is 3. The van der Waals surface area contributed by atoms with Crippen LogP contribution in [-0.4, -0.2) is 20.8 Å². The molecule has 0 unspecified atom stereocenters. The SMILES string of the molecule is CCc1ccc(NC(=O)Nc2cnn(C3CCCC3)c2)nc1. The summed E-state index contributed by atoms with van der Waals surface area (Å²) >= 11 is 0. The summed E-state index contributed by atoms with van der Waals surface area (Å²) in [6.45, 7) is 2.07. The molecular formula is C16H21N5O. The highest BCUT2D eigenvalue weighted by Gasteiger charge is 2.17. The summed E-state index contributed by atoms with van der Waals surface area (Å²) in [5.74, 6) is 0.540. The van der Waals surface area contributed by atoms with Gasteiger partial charge in [0.05, 0.1) is 17.9 Å². The molecule has 6 nitrogen and oxygen atoms in total. The first-order chi connectivity index (χ1) is 10.7. The number of aryl methyl sites for hydroxylation is 1. The van der Waals surface area contributed by atoms with Gasteiger partial charge in [0.25, 0.3) is 0 Å². The van der Waals surface area contributed by atoms with Crippen LogP contribution < -0.4 is 10.6 Å². The minimum Gasteiger partial charge on any atom is -0.305 e. The summed E-state index contributed by atoms with van der Waals surface area (Å²) in [5.41, 5.74) is 1.85. The monoisotopic (exact) mass is 299 g/mol. The van der Waals surface area contributed by atoms with E-state index in [1.165, 1.54) is 25.7 Å². The van der Waals surface area contributed by atoms with Gasteiger partial charge in [-0.1, -0.05) is 25.8 Å². The fraction of sp³-hybridized carbons (Fsp3) is 0.438. The molecule has 116 valence electrons. The molecule has 3 rings (SSSR count). The predicted octanol–water partition coefficient (Wildman–Crippen LogP) is 3.60. The van der Waals surface area contributed by atoms with Crippen molar-refractivity contribution in [3.05, 3.63) is 36.3 Å². The van der Waals surface area contributed by atoms with Gasteiger partial charge >= 0.3 is 6.03 Å². The smallest absolute Gasteiger partial charge is 0.305 e. The largest absolute Gasteiger partial charge is 0.324 e. The third-order valence-electron chi connectivity index (χ3n) is 4.03. The number of rotatable bonds is 4. The van der Waals surface area contributed by atoms with Crippen molar-refractivity contribution in [2.75, 3.05) is 10.6 Å². The molecule has 2 aromatic rings. The molecule has 0 aliphatic heterocycles. The maximum absolute atomic E-state index is 12.0. The van der Waals surface area contributed by atoms with Gasteiger partial charge in [0.2, 0.25) is 0 Å². The van der Waals surface area contributed by atoms with Gasteiger partial charge in [-0.2, -0.15) is 5.10 Å². The Morgan fingerprint density at radius 2 is 2.09 bits per heavy atom. The maximum Gasteiger partial charge on any atom is 0.324 e. The average Bonchev–Trinajstić information content (AvgIpc) is 3.19. The van der Waals surface area contributed by atoms with Crippen molar-refractivity contribution >= 4 is 17.5 Å². The number of carbonyl (C=O) groups is 1. The Bertz CT molecular complexity index is 628. The number of amides is 2. The molecule has 2 amide bonds. The highest BCUT2D eigenvalue weighted by atomic mass is 16.2. The topological polar surface area (TPSA) is 71.8 Å². The van der Waals surface area contributed by atoms with E-state index in [1.54, 1.807) is 18.5 Å². The lowest BCUT2D eigenvalue weighted by Gasteiger charge is -2.08. The summed E-state index contributed by atoms with van der Waals surface area (Å²) in [4.78, 5) is 16.2. The van der Waals surface area contributed by atoms with Crippen LogP contribution in [0.5, 0.6) is 0 Å². The quantitative estimate of drug-likeness (QED) is 0.906. The number of nitrogens with one attached hydrogen (secondary N) is 2. The van der Waals surface area contributed by atoms with E-state index in [1.807, 2.05) is 16.9 Å². The normalized spacial score (nSPS) is 15.0. The van der Waals surface area contributed by atoms with Crippen LogP contribution in [0.15, 0.2) is 30.7 Å². The highest BCUT2D eigenvalue weighted by Crippen LogP contribution is 2.29. The number of hydrogen-bond donors (Lipinski definition) is 2. The molecule has 1 aliphatic carbocycles. The number of carbonyl (C=O) groups excluding carboxylic acids is 1. The first kappa shape index (κ1) is 14.6. The summed E-state index contributed by atoms with van der Waals surface area (Å²) in [7, 11) is 0. The molecule has 0 radical (unpaired) electrons. The molecule has 2 aromatic heterocycles. The van der Waals surface area contributed by atoms with Gasteiger partial charge in [-0.05, 0) is 30.9 Å². The van der Waals surface area contributed by atoms with Crippen LogP contribution in [0.4, 0.5) is 16.3 Å². The van der Waals surface area contributed by atoms with Gasteiger partial charge in [0, 0.05) is 12.4 Å². The lowest BCUT2D eigenvalue weighted by Crippen LogP contribution is -2.19. The van der Waals surface area contributed by atoms with Crippen LogP contribution in [0, 0.1) is 0 Å². The average molecular weight is 299 g/mol. The third kappa shape index (κ3) is 3.44. The van der Waals surface area contributed by atoms with Crippen LogP contribution in [0.3, 0.4) is 0 Å². The van der Waals surface area contributed by atoms with Crippen LogP contribution in [-0.2, 0) is 6.42 Å². The Kier molecular flexibility index (Phi) is 4.37. The van der Waals surface area contributed by atoms with Crippen molar-refractivity contribution in [2.45, 2.75) is 45.1 Å². The van der Waals surface area contributed by atoms with E-state index < -0.39 is 0 Å². The standard InChI is InChI=1S/C16H21N5O/c1-2-12-7-8-15(17-9-12)20-16(22)19-13-10-18-21(11-13)14-5-3-4-6-14/h7-11,14H,2-6H2,1H3,(H2,17,19,20,22). The van der Waals surface area contributed by atoms with Gasteiger partial charge in [0.1, 0.15) is 5.82 Å². The predicted molar refractivity (Wildman–Crippen MR) is 86.0 cm³/mol. The zero-order chi connectivity index (χ0) is 15.4. The van der Waals surface area contributed by atoms with Crippen molar-refractivity contribution in [1.82, 2.24) is 14.8 Å². The molecule has 0 aromatic carbocycles.